The van der Waals surface area contributed by atoms with Crippen LogP contribution >= 0.6 is 11.3 Å². The summed E-state index contributed by atoms with van der Waals surface area (Å²) in [4.78, 5) is 0. The zero-order valence-corrected chi connectivity index (χ0v) is 11.9. The van der Waals surface area contributed by atoms with Crippen LogP contribution in [0.1, 0.15) is 42.4 Å². The van der Waals surface area contributed by atoms with Crippen molar-refractivity contribution in [1.29, 1.82) is 0 Å². The average Bonchev–Trinajstić information content (AvgIpc) is 2.75. The third kappa shape index (κ3) is 3.37. The van der Waals surface area contributed by atoms with E-state index in [0.717, 1.165) is 22.0 Å². The van der Waals surface area contributed by atoms with Crippen LogP contribution in [-0.2, 0) is 6.42 Å². The maximum absolute atomic E-state index is 6.20. The third-order valence-corrected chi connectivity index (χ3v) is 3.60. The van der Waals surface area contributed by atoms with Crippen LogP contribution in [0.25, 0.3) is 0 Å². The van der Waals surface area contributed by atoms with Crippen molar-refractivity contribution in [1.82, 2.24) is 10.2 Å². The second-order valence-electron chi connectivity index (χ2n) is 5.66. The molecule has 0 aliphatic rings. The van der Waals surface area contributed by atoms with Crippen LogP contribution in [-0.4, -0.2) is 10.2 Å². The van der Waals surface area contributed by atoms with Gasteiger partial charge in [-0.3, -0.25) is 0 Å². The van der Waals surface area contributed by atoms with E-state index in [1.165, 1.54) is 0 Å². The number of rotatable bonds is 3. The summed E-state index contributed by atoms with van der Waals surface area (Å²) in [5.41, 5.74) is 7.51. The van der Waals surface area contributed by atoms with E-state index in [9.17, 15) is 0 Å². The van der Waals surface area contributed by atoms with Crippen molar-refractivity contribution >= 4 is 11.3 Å². The molecular weight excluding hydrogens is 242 g/mol. The van der Waals surface area contributed by atoms with Gasteiger partial charge in [0.1, 0.15) is 10.0 Å². The highest BCUT2D eigenvalue weighted by Crippen LogP contribution is 2.27. The van der Waals surface area contributed by atoms with E-state index in [1.54, 1.807) is 11.3 Å². The van der Waals surface area contributed by atoms with E-state index >= 15 is 0 Å². The van der Waals surface area contributed by atoms with E-state index in [2.05, 4.69) is 31.0 Å². The molecule has 0 amide bonds. The second kappa shape index (κ2) is 5.16. The monoisotopic (exact) mass is 261 g/mol. The standard InChI is InChI=1S/C14H19N3S/c1-14(2,3)9-11-16-17-13(18-11)12(15)10-7-5-4-6-8-10/h4-8,12H,9,15H2,1-3H3. The van der Waals surface area contributed by atoms with Gasteiger partial charge < -0.3 is 5.73 Å². The van der Waals surface area contributed by atoms with Crippen LogP contribution in [0.15, 0.2) is 30.3 Å². The first kappa shape index (κ1) is 13.2. The SMILES string of the molecule is CC(C)(C)Cc1nnc(C(N)c2ccccc2)s1. The first-order valence-electron chi connectivity index (χ1n) is 6.08. The summed E-state index contributed by atoms with van der Waals surface area (Å²) in [6.45, 7) is 6.60. The molecule has 2 rings (SSSR count). The minimum absolute atomic E-state index is 0.169. The molecule has 3 nitrogen and oxygen atoms in total. The highest BCUT2D eigenvalue weighted by molar-refractivity contribution is 7.11. The molecule has 1 aromatic heterocycles. The number of nitrogens with zero attached hydrogens (tertiary/aromatic N) is 2. The van der Waals surface area contributed by atoms with E-state index in [4.69, 9.17) is 5.73 Å². The summed E-state index contributed by atoms with van der Waals surface area (Å²) < 4.78 is 0. The fourth-order valence-corrected chi connectivity index (χ4v) is 2.89. The highest BCUT2D eigenvalue weighted by Gasteiger charge is 2.18. The predicted molar refractivity (Wildman–Crippen MR) is 75.5 cm³/mol. The molecule has 1 unspecified atom stereocenters. The lowest BCUT2D eigenvalue weighted by molar-refractivity contribution is 0.409. The van der Waals surface area contributed by atoms with Crippen LogP contribution in [0.2, 0.25) is 0 Å². The zero-order chi connectivity index (χ0) is 13.2. The normalized spacial score (nSPS) is 13.6. The van der Waals surface area contributed by atoms with Crippen LogP contribution in [0.3, 0.4) is 0 Å². The number of nitrogens with two attached hydrogens (primary N) is 1. The van der Waals surface area contributed by atoms with Crippen LogP contribution in [0.5, 0.6) is 0 Å². The van der Waals surface area contributed by atoms with E-state index in [0.29, 0.717) is 0 Å². The smallest absolute Gasteiger partial charge is 0.138 e. The fraction of sp³-hybridized carbons (Fsp3) is 0.429. The molecule has 0 saturated heterocycles. The van der Waals surface area contributed by atoms with Gasteiger partial charge in [0.2, 0.25) is 0 Å². The van der Waals surface area contributed by atoms with Crippen molar-refractivity contribution < 1.29 is 0 Å². The molecular formula is C14H19N3S. The number of hydrogen-bond acceptors (Lipinski definition) is 4. The molecule has 0 aliphatic carbocycles. The van der Waals surface area contributed by atoms with Crippen molar-refractivity contribution in [2.45, 2.75) is 33.2 Å². The molecule has 0 radical (unpaired) electrons. The molecule has 2 aromatic rings. The van der Waals surface area contributed by atoms with Gasteiger partial charge in [-0.2, -0.15) is 0 Å². The summed E-state index contributed by atoms with van der Waals surface area (Å²) in [6.07, 6.45) is 0.937. The maximum Gasteiger partial charge on any atom is 0.138 e. The van der Waals surface area contributed by atoms with Gasteiger partial charge in [0.25, 0.3) is 0 Å². The van der Waals surface area contributed by atoms with Crippen molar-refractivity contribution in [3.8, 4) is 0 Å². The Bertz CT molecular complexity index is 499. The summed E-state index contributed by atoms with van der Waals surface area (Å²) in [7, 11) is 0. The van der Waals surface area contributed by atoms with Gasteiger partial charge in [0.15, 0.2) is 0 Å². The lowest BCUT2D eigenvalue weighted by Crippen LogP contribution is -2.11. The summed E-state index contributed by atoms with van der Waals surface area (Å²) in [6, 6.07) is 9.85. The number of hydrogen-bond donors (Lipinski definition) is 1. The van der Waals surface area contributed by atoms with Gasteiger partial charge in [0.05, 0.1) is 6.04 Å². The lowest BCUT2D eigenvalue weighted by atomic mass is 9.93. The van der Waals surface area contributed by atoms with Gasteiger partial charge in [-0.1, -0.05) is 62.4 Å². The topological polar surface area (TPSA) is 51.8 Å². The van der Waals surface area contributed by atoms with Crippen LogP contribution in [0, 0.1) is 5.41 Å². The summed E-state index contributed by atoms with van der Waals surface area (Å²) >= 11 is 1.62. The predicted octanol–water partition coefficient (Wildman–Crippen LogP) is 3.17. The Kier molecular flexibility index (Phi) is 3.78. The Hall–Kier alpha value is -1.26. The lowest BCUT2D eigenvalue weighted by Gasteiger charge is -2.14. The van der Waals surface area contributed by atoms with E-state index < -0.39 is 0 Å². The summed E-state index contributed by atoms with van der Waals surface area (Å²) in [5.74, 6) is 0. The molecule has 96 valence electrons. The molecule has 2 N–H and O–H groups in total. The molecule has 18 heavy (non-hydrogen) atoms. The van der Waals surface area contributed by atoms with Crippen molar-refractivity contribution in [2.24, 2.45) is 11.1 Å². The van der Waals surface area contributed by atoms with Gasteiger partial charge in [0, 0.05) is 6.42 Å². The van der Waals surface area contributed by atoms with Gasteiger partial charge in [-0.05, 0) is 11.0 Å². The van der Waals surface area contributed by atoms with Crippen LogP contribution in [0.4, 0.5) is 0 Å². The molecule has 1 heterocycles. The quantitative estimate of drug-likeness (QED) is 0.923. The molecule has 1 atom stereocenters. The molecule has 0 fully saturated rings. The van der Waals surface area contributed by atoms with Crippen molar-refractivity contribution in [2.75, 3.05) is 0 Å². The summed E-state index contributed by atoms with van der Waals surface area (Å²) in [5, 5.41) is 10.4. The van der Waals surface area contributed by atoms with Gasteiger partial charge >= 0.3 is 0 Å². The fourth-order valence-electron chi connectivity index (χ4n) is 1.72. The average molecular weight is 261 g/mol. The Morgan fingerprint density at radius 2 is 1.83 bits per heavy atom. The molecule has 4 heteroatoms. The second-order valence-corrected chi connectivity index (χ2v) is 6.75. The molecule has 0 aliphatic heterocycles. The van der Waals surface area contributed by atoms with E-state index in [-0.39, 0.29) is 11.5 Å². The molecule has 1 aromatic carbocycles. The maximum atomic E-state index is 6.20. The Morgan fingerprint density at radius 1 is 1.17 bits per heavy atom. The minimum atomic E-state index is -0.169. The number of benzene rings is 1. The van der Waals surface area contributed by atoms with E-state index in [1.807, 2.05) is 30.3 Å². The number of aromatic nitrogens is 2. The zero-order valence-electron chi connectivity index (χ0n) is 11.1. The first-order valence-corrected chi connectivity index (χ1v) is 6.90. The Morgan fingerprint density at radius 3 is 2.44 bits per heavy atom. The van der Waals surface area contributed by atoms with Crippen LogP contribution < -0.4 is 5.73 Å². The Balaban J connectivity index is 2.15. The highest BCUT2D eigenvalue weighted by atomic mass is 32.1. The van der Waals surface area contributed by atoms with Gasteiger partial charge in [-0.25, -0.2) is 0 Å². The molecule has 0 saturated carbocycles. The largest absolute Gasteiger partial charge is 0.318 e. The van der Waals surface area contributed by atoms with Gasteiger partial charge in [-0.15, -0.1) is 10.2 Å². The Labute approximate surface area is 112 Å². The minimum Gasteiger partial charge on any atom is -0.318 e. The first-order chi connectivity index (χ1) is 8.46. The third-order valence-electron chi connectivity index (χ3n) is 2.59. The molecule has 0 spiro atoms. The van der Waals surface area contributed by atoms with Crippen molar-refractivity contribution in [3.05, 3.63) is 45.9 Å². The van der Waals surface area contributed by atoms with Crippen molar-refractivity contribution in [3.63, 3.8) is 0 Å². The molecule has 0 bridgehead atoms.